The van der Waals surface area contributed by atoms with Crippen LogP contribution < -0.4 is 15.4 Å². The largest absolute Gasteiger partial charge is 0.439 e. The second kappa shape index (κ2) is 10.0. The molecular weight excluding hydrogens is 366 g/mol. The highest BCUT2D eigenvalue weighted by molar-refractivity contribution is 6.39. The average Bonchev–Trinajstić information content (AvgIpc) is 2.75. The number of anilines is 1. The first-order chi connectivity index (χ1) is 14.1. The van der Waals surface area contributed by atoms with E-state index in [9.17, 15) is 9.59 Å². The second-order valence-electron chi connectivity index (χ2n) is 6.60. The Balaban J connectivity index is 1.42. The minimum Gasteiger partial charge on any atom is -0.439 e. The van der Waals surface area contributed by atoms with Crippen LogP contribution in [0.3, 0.4) is 0 Å². The molecule has 148 valence electrons. The maximum Gasteiger partial charge on any atom is 0.313 e. The van der Waals surface area contributed by atoms with Gasteiger partial charge in [-0.2, -0.15) is 0 Å². The van der Waals surface area contributed by atoms with E-state index in [0.717, 1.165) is 18.4 Å². The number of benzene rings is 2. The van der Waals surface area contributed by atoms with Crippen molar-refractivity contribution in [1.82, 2.24) is 10.3 Å². The van der Waals surface area contributed by atoms with Crippen molar-refractivity contribution in [2.24, 2.45) is 0 Å². The Hall–Kier alpha value is -3.67. The molecule has 0 spiro atoms. The van der Waals surface area contributed by atoms with E-state index in [1.165, 1.54) is 11.8 Å². The smallest absolute Gasteiger partial charge is 0.313 e. The van der Waals surface area contributed by atoms with Gasteiger partial charge >= 0.3 is 11.8 Å². The maximum absolute atomic E-state index is 12.0. The van der Waals surface area contributed by atoms with E-state index in [1.807, 2.05) is 61.5 Å². The van der Waals surface area contributed by atoms with Crippen molar-refractivity contribution in [2.75, 3.05) is 11.9 Å². The van der Waals surface area contributed by atoms with Crippen LogP contribution in [0.2, 0.25) is 0 Å². The van der Waals surface area contributed by atoms with Gasteiger partial charge in [0.2, 0.25) is 5.88 Å². The van der Waals surface area contributed by atoms with Crippen molar-refractivity contribution in [2.45, 2.75) is 19.8 Å². The van der Waals surface area contributed by atoms with Crippen LogP contribution in [0.5, 0.6) is 11.6 Å². The lowest BCUT2D eigenvalue weighted by molar-refractivity contribution is -0.136. The van der Waals surface area contributed by atoms with Crippen LogP contribution in [0.15, 0.2) is 72.9 Å². The number of aryl methyl sites for hydroxylation is 2. The van der Waals surface area contributed by atoms with E-state index in [2.05, 4.69) is 15.6 Å². The van der Waals surface area contributed by atoms with Gasteiger partial charge in [-0.1, -0.05) is 48.0 Å². The van der Waals surface area contributed by atoms with Crippen LogP contribution in [-0.4, -0.2) is 23.3 Å². The zero-order valence-corrected chi connectivity index (χ0v) is 16.2. The lowest BCUT2D eigenvalue weighted by Crippen LogP contribution is -2.36. The normalized spacial score (nSPS) is 10.2. The van der Waals surface area contributed by atoms with Crippen LogP contribution >= 0.6 is 0 Å². The Labute approximate surface area is 169 Å². The molecule has 0 atom stereocenters. The van der Waals surface area contributed by atoms with Gasteiger partial charge in [0.25, 0.3) is 0 Å². The summed E-state index contributed by atoms with van der Waals surface area (Å²) in [5.74, 6) is -0.316. The van der Waals surface area contributed by atoms with Gasteiger partial charge in [-0.25, -0.2) is 4.98 Å². The number of hydrogen-bond donors (Lipinski definition) is 2. The third-order valence-corrected chi connectivity index (χ3v) is 4.21. The van der Waals surface area contributed by atoms with Crippen LogP contribution in [0.25, 0.3) is 0 Å². The summed E-state index contributed by atoms with van der Waals surface area (Å²) in [4.78, 5) is 28.1. The molecule has 0 fully saturated rings. The van der Waals surface area contributed by atoms with Crippen LogP contribution in [0.1, 0.15) is 17.5 Å². The summed E-state index contributed by atoms with van der Waals surface area (Å²) in [5.41, 5.74) is 2.76. The Bertz CT molecular complexity index is 939. The molecule has 29 heavy (non-hydrogen) atoms. The molecule has 2 amide bonds. The van der Waals surface area contributed by atoms with E-state index >= 15 is 0 Å². The summed E-state index contributed by atoms with van der Waals surface area (Å²) in [6.07, 6.45) is 3.05. The van der Waals surface area contributed by atoms with Gasteiger partial charge in [0, 0.05) is 12.6 Å². The topological polar surface area (TPSA) is 80.3 Å². The minimum absolute atomic E-state index is 0.400. The summed E-state index contributed by atoms with van der Waals surface area (Å²) in [7, 11) is 0. The molecule has 2 N–H and O–H groups in total. The summed E-state index contributed by atoms with van der Waals surface area (Å²) in [6, 6.07) is 20.9. The van der Waals surface area contributed by atoms with Gasteiger partial charge in [-0.3, -0.25) is 9.59 Å². The van der Waals surface area contributed by atoms with E-state index in [4.69, 9.17) is 4.74 Å². The lowest BCUT2D eigenvalue weighted by Gasteiger charge is -2.08. The van der Waals surface area contributed by atoms with Gasteiger partial charge in [0.1, 0.15) is 5.75 Å². The Morgan fingerprint density at radius 3 is 2.38 bits per heavy atom. The molecule has 1 heterocycles. The van der Waals surface area contributed by atoms with Gasteiger partial charge in [0.15, 0.2) is 0 Å². The third-order valence-electron chi connectivity index (χ3n) is 4.21. The molecule has 6 heteroatoms. The quantitative estimate of drug-likeness (QED) is 0.475. The predicted molar refractivity (Wildman–Crippen MR) is 112 cm³/mol. The average molecular weight is 389 g/mol. The lowest BCUT2D eigenvalue weighted by atomic mass is 10.1. The first-order valence-electron chi connectivity index (χ1n) is 9.44. The van der Waals surface area contributed by atoms with Crippen molar-refractivity contribution in [3.8, 4) is 11.6 Å². The number of amides is 2. The van der Waals surface area contributed by atoms with E-state index in [1.54, 1.807) is 12.1 Å². The molecule has 0 aliphatic heterocycles. The predicted octanol–water partition coefficient (Wildman–Crippen LogP) is 3.87. The monoisotopic (exact) mass is 389 g/mol. The summed E-state index contributed by atoms with van der Waals surface area (Å²) in [6.45, 7) is 2.43. The number of nitrogens with one attached hydrogen (secondary N) is 2. The number of nitrogens with zero attached hydrogens (tertiary/aromatic N) is 1. The molecule has 6 nitrogen and oxygen atoms in total. The molecule has 0 saturated carbocycles. The number of ether oxygens (including phenoxy) is 1. The Morgan fingerprint density at radius 2 is 1.69 bits per heavy atom. The first-order valence-corrected chi connectivity index (χ1v) is 9.44. The molecule has 0 aliphatic rings. The fourth-order valence-corrected chi connectivity index (χ4v) is 2.65. The van der Waals surface area contributed by atoms with Gasteiger partial charge in [0.05, 0.1) is 11.9 Å². The number of carbonyl (C=O) groups excluding carboxylic acids is 2. The van der Waals surface area contributed by atoms with Gasteiger partial charge < -0.3 is 15.4 Å². The standard InChI is InChI=1S/C23H23N3O3/c1-17-9-12-20(13-10-17)29-21-14-11-19(16-25-21)26-23(28)22(27)24-15-5-8-18-6-3-2-4-7-18/h2-4,6-7,9-14,16H,5,8,15H2,1H3,(H,24,27)(H,26,28). The van der Waals surface area contributed by atoms with Crippen molar-refractivity contribution >= 4 is 17.5 Å². The molecule has 0 saturated heterocycles. The number of aromatic nitrogens is 1. The molecule has 1 aromatic heterocycles. The number of hydrogen-bond acceptors (Lipinski definition) is 4. The summed E-state index contributed by atoms with van der Waals surface area (Å²) in [5, 5.41) is 5.16. The highest BCUT2D eigenvalue weighted by Crippen LogP contribution is 2.20. The van der Waals surface area contributed by atoms with Crippen molar-refractivity contribution in [3.63, 3.8) is 0 Å². The van der Waals surface area contributed by atoms with Gasteiger partial charge in [-0.05, 0) is 43.5 Å². The molecule has 0 bridgehead atoms. The first kappa shape index (κ1) is 20.1. The zero-order valence-electron chi connectivity index (χ0n) is 16.2. The number of pyridine rings is 1. The molecule has 3 rings (SSSR count). The fraction of sp³-hybridized carbons (Fsp3) is 0.174. The van der Waals surface area contributed by atoms with Crippen LogP contribution in [0, 0.1) is 6.92 Å². The Morgan fingerprint density at radius 1 is 0.931 bits per heavy atom. The van der Waals surface area contributed by atoms with Crippen molar-refractivity contribution in [3.05, 3.63) is 84.1 Å². The molecular formula is C23H23N3O3. The Kier molecular flexibility index (Phi) is 6.95. The second-order valence-corrected chi connectivity index (χ2v) is 6.60. The van der Waals surface area contributed by atoms with Crippen molar-refractivity contribution < 1.29 is 14.3 Å². The zero-order chi connectivity index (χ0) is 20.5. The molecule has 2 aromatic carbocycles. The third kappa shape index (κ3) is 6.46. The van der Waals surface area contributed by atoms with Crippen molar-refractivity contribution in [1.29, 1.82) is 0 Å². The van der Waals surface area contributed by atoms with E-state index in [0.29, 0.717) is 23.9 Å². The highest BCUT2D eigenvalue weighted by Gasteiger charge is 2.13. The van der Waals surface area contributed by atoms with Crippen LogP contribution in [-0.2, 0) is 16.0 Å². The number of carbonyl (C=O) groups is 2. The van der Waals surface area contributed by atoms with Crippen LogP contribution in [0.4, 0.5) is 5.69 Å². The van der Waals surface area contributed by atoms with E-state index in [-0.39, 0.29) is 0 Å². The summed E-state index contributed by atoms with van der Waals surface area (Å²) < 4.78 is 5.64. The summed E-state index contributed by atoms with van der Waals surface area (Å²) >= 11 is 0. The maximum atomic E-state index is 12.0. The SMILES string of the molecule is Cc1ccc(Oc2ccc(NC(=O)C(=O)NCCCc3ccccc3)cn2)cc1. The number of rotatable bonds is 7. The molecule has 3 aromatic rings. The molecule has 0 aliphatic carbocycles. The minimum atomic E-state index is -0.723. The molecule has 0 radical (unpaired) electrons. The highest BCUT2D eigenvalue weighted by atomic mass is 16.5. The van der Waals surface area contributed by atoms with E-state index < -0.39 is 11.8 Å². The molecule has 0 unspecified atom stereocenters. The fourth-order valence-electron chi connectivity index (χ4n) is 2.65. The van der Waals surface area contributed by atoms with Gasteiger partial charge in [-0.15, -0.1) is 0 Å².